The molecule has 1 fully saturated rings. The number of thiophene rings is 1. The van der Waals surface area contributed by atoms with E-state index in [1.165, 1.54) is 10.4 Å². The van der Waals surface area contributed by atoms with Crippen molar-refractivity contribution in [2.24, 2.45) is 0 Å². The van der Waals surface area contributed by atoms with Crippen LogP contribution in [0.2, 0.25) is 0 Å². The van der Waals surface area contributed by atoms with Gasteiger partial charge in [0.2, 0.25) is 15.9 Å². The lowest BCUT2D eigenvalue weighted by Crippen LogP contribution is -2.37. The number of benzene rings is 1. The molecule has 3 heterocycles. The number of hydrogen-bond acceptors (Lipinski definition) is 5. The van der Waals surface area contributed by atoms with Crippen LogP contribution in [-0.4, -0.2) is 56.3 Å². The predicted molar refractivity (Wildman–Crippen MR) is 119 cm³/mol. The highest BCUT2D eigenvalue weighted by Gasteiger charge is 2.26. The van der Waals surface area contributed by atoms with E-state index in [1.807, 2.05) is 23.5 Å². The standard InChI is InChI=1S/C22H29N3O3S2/c26-22(23-11-15-24-14-9-21-19(17-24)10-16-29-21)8-5-18-3-6-20(7-4-18)30(27,28)25-12-1-2-13-25/h3-4,6-7,10,16H,1-2,5,8-9,11-15,17H2,(H,23,26). The third-order valence-electron chi connectivity index (χ3n) is 5.90. The third kappa shape index (κ3) is 5.11. The van der Waals surface area contributed by atoms with Gasteiger partial charge in [0, 0.05) is 50.6 Å². The van der Waals surface area contributed by atoms with Gasteiger partial charge in [-0.25, -0.2) is 8.42 Å². The van der Waals surface area contributed by atoms with Gasteiger partial charge in [0.15, 0.2) is 0 Å². The first-order valence-electron chi connectivity index (χ1n) is 10.7. The Hall–Kier alpha value is -1.74. The SMILES string of the molecule is O=C(CCc1ccc(S(=O)(=O)N2CCCC2)cc1)NCCN1CCc2sccc2C1. The topological polar surface area (TPSA) is 69.7 Å². The molecule has 6 nitrogen and oxygen atoms in total. The Bertz CT molecular complexity index is 964. The molecule has 4 rings (SSSR count). The average molecular weight is 448 g/mol. The summed E-state index contributed by atoms with van der Waals surface area (Å²) in [6.45, 7) is 4.76. The zero-order chi connectivity index (χ0) is 21.0. The molecular formula is C22H29N3O3S2. The Labute approximate surface area is 182 Å². The van der Waals surface area contributed by atoms with E-state index >= 15 is 0 Å². The summed E-state index contributed by atoms with van der Waals surface area (Å²) >= 11 is 1.84. The number of sulfonamides is 1. The van der Waals surface area contributed by atoms with Crippen LogP contribution in [-0.2, 0) is 34.2 Å². The van der Waals surface area contributed by atoms with Crippen molar-refractivity contribution in [3.63, 3.8) is 0 Å². The van der Waals surface area contributed by atoms with Crippen LogP contribution in [0.4, 0.5) is 0 Å². The van der Waals surface area contributed by atoms with E-state index in [0.717, 1.165) is 44.5 Å². The molecule has 0 spiro atoms. The van der Waals surface area contributed by atoms with E-state index in [0.29, 0.717) is 37.4 Å². The van der Waals surface area contributed by atoms with Crippen molar-refractivity contribution in [2.75, 3.05) is 32.7 Å². The molecule has 0 unspecified atom stereocenters. The van der Waals surface area contributed by atoms with Gasteiger partial charge in [-0.1, -0.05) is 12.1 Å². The molecule has 0 bridgehead atoms. The van der Waals surface area contributed by atoms with Crippen LogP contribution < -0.4 is 5.32 Å². The van der Waals surface area contributed by atoms with E-state index < -0.39 is 10.0 Å². The number of amides is 1. The van der Waals surface area contributed by atoms with Gasteiger partial charge in [0.25, 0.3) is 0 Å². The second-order valence-electron chi connectivity index (χ2n) is 8.00. The monoisotopic (exact) mass is 447 g/mol. The molecule has 1 N–H and O–H groups in total. The summed E-state index contributed by atoms with van der Waals surface area (Å²) in [4.78, 5) is 16.4. The van der Waals surface area contributed by atoms with E-state index in [4.69, 9.17) is 0 Å². The molecule has 0 radical (unpaired) electrons. The minimum atomic E-state index is -3.37. The van der Waals surface area contributed by atoms with Crippen molar-refractivity contribution in [1.29, 1.82) is 0 Å². The van der Waals surface area contributed by atoms with Crippen LogP contribution in [0.3, 0.4) is 0 Å². The van der Waals surface area contributed by atoms with Crippen LogP contribution in [0, 0.1) is 0 Å². The molecule has 8 heteroatoms. The van der Waals surface area contributed by atoms with Gasteiger partial charge in [0.1, 0.15) is 0 Å². The summed E-state index contributed by atoms with van der Waals surface area (Å²) in [5.41, 5.74) is 2.40. The maximum atomic E-state index is 12.6. The number of carbonyl (C=O) groups excluding carboxylic acids is 1. The first kappa shape index (κ1) is 21.5. The predicted octanol–water partition coefficient (Wildman–Crippen LogP) is 2.64. The van der Waals surface area contributed by atoms with Gasteiger partial charge in [-0.15, -0.1) is 11.3 Å². The molecule has 1 aromatic carbocycles. The maximum Gasteiger partial charge on any atom is 0.243 e. The van der Waals surface area contributed by atoms with E-state index in [9.17, 15) is 13.2 Å². The summed E-state index contributed by atoms with van der Waals surface area (Å²) < 4.78 is 26.7. The number of aryl methyl sites for hydroxylation is 1. The highest BCUT2D eigenvalue weighted by Crippen LogP contribution is 2.24. The van der Waals surface area contributed by atoms with E-state index in [2.05, 4.69) is 21.7 Å². The Morgan fingerprint density at radius 1 is 1.07 bits per heavy atom. The number of hydrogen-bond donors (Lipinski definition) is 1. The minimum absolute atomic E-state index is 0.0389. The fourth-order valence-electron chi connectivity index (χ4n) is 4.10. The Morgan fingerprint density at radius 3 is 2.60 bits per heavy atom. The molecule has 0 saturated carbocycles. The van der Waals surface area contributed by atoms with Gasteiger partial charge in [0.05, 0.1) is 4.90 Å². The van der Waals surface area contributed by atoms with Gasteiger partial charge >= 0.3 is 0 Å². The van der Waals surface area contributed by atoms with Crippen molar-refractivity contribution in [3.05, 3.63) is 51.7 Å². The Balaban J connectivity index is 1.19. The van der Waals surface area contributed by atoms with Gasteiger partial charge in [-0.05, 0) is 60.4 Å². The highest BCUT2D eigenvalue weighted by atomic mass is 32.2. The fraction of sp³-hybridized carbons (Fsp3) is 0.500. The highest BCUT2D eigenvalue weighted by molar-refractivity contribution is 7.89. The van der Waals surface area contributed by atoms with Crippen LogP contribution in [0.25, 0.3) is 0 Å². The van der Waals surface area contributed by atoms with Crippen LogP contribution >= 0.6 is 11.3 Å². The lowest BCUT2D eigenvalue weighted by atomic mass is 10.1. The molecule has 0 aliphatic carbocycles. The van der Waals surface area contributed by atoms with Crippen molar-refractivity contribution in [1.82, 2.24) is 14.5 Å². The lowest BCUT2D eigenvalue weighted by molar-refractivity contribution is -0.121. The zero-order valence-electron chi connectivity index (χ0n) is 17.2. The molecule has 1 amide bonds. The van der Waals surface area contributed by atoms with Crippen LogP contribution in [0.15, 0.2) is 40.6 Å². The van der Waals surface area contributed by atoms with E-state index in [-0.39, 0.29) is 5.91 Å². The summed E-state index contributed by atoms with van der Waals surface area (Å²) in [6.07, 6.45) is 3.98. The molecule has 30 heavy (non-hydrogen) atoms. The molecule has 1 saturated heterocycles. The fourth-order valence-corrected chi connectivity index (χ4v) is 6.51. The molecule has 2 aliphatic rings. The molecule has 2 aliphatic heterocycles. The first-order valence-corrected chi connectivity index (χ1v) is 13.0. The van der Waals surface area contributed by atoms with Crippen molar-refractivity contribution in [2.45, 2.75) is 43.5 Å². The van der Waals surface area contributed by atoms with Gasteiger partial charge in [-0.2, -0.15) is 4.31 Å². The maximum absolute atomic E-state index is 12.6. The van der Waals surface area contributed by atoms with Crippen LogP contribution in [0.5, 0.6) is 0 Å². The molecule has 0 atom stereocenters. The lowest BCUT2D eigenvalue weighted by Gasteiger charge is -2.26. The third-order valence-corrected chi connectivity index (χ3v) is 8.84. The second-order valence-corrected chi connectivity index (χ2v) is 10.9. The first-order chi connectivity index (χ1) is 14.5. The van der Waals surface area contributed by atoms with Gasteiger partial charge in [-0.3, -0.25) is 9.69 Å². The molecular weight excluding hydrogens is 418 g/mol. The number of nitrogens with one attached hydrogen (secondary N) is 1. The summed E-state index contributed by atoms with van der Waals surface area (Å²) in [7, 11) is -3.37. The Kier molecular flexibility index (Phi) is 6.87. The summed E-state index contributed by atoms with van der Waals surface area (Å²) in [5.74, 6) is 0.0389. The average Bonchev–Trinajstić information content (AvgIpc) is 3.44. The van der Waals surface area contributed by atoms with Crippen LogP contribution in [0.1, 0.15) is 35.3 Å². The quantitative estimate of drug-likeness (QED) is 0.675. The van der Waals surface area contributed by atoms with Crippen molar-refractivity contribution < 1.29 is 13.2 Å². The zero-order valence-corrected chi connectivity index (χ0v) is 18.8. The molecule has 1 aromatic heterocycles. The van der Waals surface area contributed by atoms with Gasteiger partial charge < -0.3 is 5.32 Å². The molecule has 162 valence electrons. The smallest absolute Gasteiger partial charge is 0.243 e. The van der Waals surface area contributed by atoms with Crippen molar-refractivity contribution in [3.8, 4) is 0 Å². The summed E-state index contributed by atoms with van der Waals surface area (Å²) in [5, 5.41) is 5.17. The number of carbonyl (C=O) groups is 1. The summed E-state index contributed by atoms with van der Waals surface area (Å²) in [6, 6.07) is 9.17. The van der Waals surface area contributed by atoms with Crippen molar-refractivity contribution >= 4 is 27.3 Å². The number of nitrogens with zero attached hydrogens (tertiary/aromatic N) is 2. The number of rotatable bonds is 8. The molecule has 2 aromatic rings. The normalized spacial score (nSPS) is 17.7. The largest absolute Gasteiger partial charge is 0.355 e. The number of fused-ring (bicyclic) bond motifs is 1. The Morgan fingerprint density at radius 2 is 1.83 bits per heavy atom. The minimum Gasteiger partial charge on any atom is -0.355 e. The van der Waals surface area contributed by atoms with E-state index in [1.54, 1.807) is 16.4 Å². The second kappa shape index (κ2) is 9.60.